The van der Waals surface area contributed by atoms with Crippen LogP contribution in [0, 0.1) is 5.92 Å². The lowest BCUT2D eigenvalue weighted by atomic mass is 9.83. The molecule has 0 aromatic carbocycles. The van der Waals surface area contributed by atoms with Crippen molar-refractivity contribution in [3.8, 4) is 0 Å². The molecule has 6 heteroatoms. The van der Waals surface area contributed by atoms with Crippen molar-refractivity contribution >= 4 is 17.6 Å². The highest BCUT2D eigenvalue weighted by Crippen LogP contribution is 2.25. The van der Waals surface area contributed by atoms with Gasteiger partial charge >= 0.3 is 0 Å². The summed E-state index contributed by atoms with van der Waals surface area (Å²) in [6, 6.07) is 0.197. The van der Waals surface area contributed by atoms with E-state index in [2.05, 4.69) is 10.6 Å². The summed E-state index contributed by atoms with van der Waals surface area (Å²) in [5.74, 6) is 0.604. The van der Waals surface area contributed by atoms with Crippen LogP contribution in [0.1, 0.15) is 65.2 Å². The van der Waals surface area contributed by atoms with E-state index in [-0.39, 0.29) is 23.8 Å². The van der Waals surface area contributed by atoms with Crippen molar-refractivity contribution in [1.82, 2.24) is 10.6 Å². The highest BCUT2D eigenvalue weighted by atomic mass is 16.5. The molecule has 0 unspecified atom stereocenters. The topological polar surface area (TPSA) is 84.5 Å². The second-order valence-electron chi connectivity index (χ2n) is 6.36. The molecule has 0 bridgehead atoms. The molecule has 0 spiro atoms. The molecule has 0 heterocycles. The number of hydrogen-bond acceptors (Lipinski definition) is 4. The molecule has 6 nitrogen and oxygen atoms in total. The van der Waals surface area contributed by atoms with Crippen LogP contribution in [0.15, 0.2) is 0 Å². The van der Waals surface area contributed by atoms with Gasteiger partial charge in [0, 0.05) is 44.4 Å². The molecule has 1 saturated carbocycles. The molecular formula is C18H32N2O4. The molecule has 2 amide bonds. The second-order valence-corrected chi connectivity index (χ2v) is 6.36. The van der Waals surface area contributed by atoms with Crippen molar-refractivity contribution in [3.63, 3.8) is 0 Å². The van der Waals surface area contributed by atoms with Gasteiger partial charge in [-0.3, -0.25) is 14.4 Å². The van der Waals surface area contributed by atoms with E-state index in [1.165, 1.54) is 0 Å². The summed E-state index contributed by atoms with van der Waals surface area (Å²) in [6.07, 6.45) is 5.77. The largest absolute Gasteiger partial charge is 0.381 e. The van der Waals surface area contributed by atoms with Gasteiger partial charge in [0.1, 0.15) is 5.78 Å². The highest BCUT2D eigenvalue weighted by Gasteiger charge is 2.25. The van der Waals surface area contributed by atoms with Crippen LogP contribution in [-0.4, -0.2) is 43.4 Å². The van der Waals surface area contributed by atoms with Gasteiger partial charge in [0.05, 0.1) is 6.61 Å². The molecular weight excluding hydrogens is 308 g/mol. The van der Waals surface area contributed by atoms with Crippen LogP contribution in [0.4, 0.5) is 0 Å². The van der Waals surface area contributed by atoms with Crippen LogP contribution in [0.5, 0.6) is 0 Å². The normalized spacial score (nSPS) is 20.4. The quantitative estimate of drug-likeness (QED) is 0.563. The van der Waals surface area contributed by atoms with E-state index in [9.17, 15) is 14.4 Å². The van der Waals surface area contributed by atoms with Gasteiger partial charge in [-0.15, -0.1) is 0 Å². The Kier molecular flexibility index (Phi) is 10.3. The summed E-state index contributed by atoms with van der Waals surface area (Å²) in [6.45, 7) is 5.28. The van der Waals surface area contributed by atoms with Crippen molar-refractivity contribution < 1.29 is 19.1 Å². The summed E-state index contributed by atoms with van der Waals surface area (Å²) < 4.78 is 5.42. The molecule has 1 aliphatic rings. The lowest BCUT2D eigenvalue weighted by molar-refractivity contribution is -0.124. The number of rotatable bonds is 11. The summed E-state index contributed by atoms with van der Waals surface area (Å²) in [7, 11) is 0. The summed E-state index contributed by atoms with van der Waals surface area (Å²) in [5.41, 5.74) is 0. The zero-order valence-electron chi connectivity index (χ0n) is 15.1. The number of carbonyl (C=O) groups excluding carboxylic acids is 3. The maximum atomic E-state index is 11.9. The zero-order chi connectivity index (χ0) is 17.8. The predicted molar refractivity (Wildman–Crippen MR) is 92.5 cm³/mol. The third-order valence-electron chi connectivity index (χ3n) is 4.48. The van der Waals surface area contributed by atoms with Crippen molar-refractivity contribution in [2.75, 3.05) is 19.8 Å². The Morgan fingerprint density at radius 2 is 1.67 bits per heavy atom. The summed E-state index contributed by atoms with van der Waals surface area (Å²) >= 11 is 0. The number of hydrogen-bond donors (Lipinski definition) is 2. The van der Waals surface area contributed by atoms with Crippen molar-refractivity contribution in [1.29, 1.82) is 0 Å². The monoisotopic (exact) mass is 340 g/mol. The Hall–Kier alpha value is -1.43. The number of ketones is 1. The van der Waals surface area contributed by atoms with E-state index in [1.807, 2.05) is 13.8 Å². The Labute approximate surface area is 145 Å². The molecule has 1 fully saturated rings. The van der Waals surface area contributed by atoms with E-state index in [1.54, 1.807) is 0 Å². The number of ether oxygens (including phenoxy) is 1. The minimum absolute atomic E-state index is 0.0135. The third kappa shape index (κ3) is 8.43. The van der Waals surface area contributed by atoms with Crippen molar-refractivity contribution in [3.05, 3.63) is 0 Å². The standard InChI is InChI=1S/C18H32N2O4/c1-3-16(21)14-6-8-15(9-7-14)20-18(23)10-13-24-12-5-11-19-17(22)4-2/h14-15H,3-13H2,1-2H3,(H,19,22)(H,20,23). The van der Waals surface area contributed by atoms with Gasteiger partial charge < -0.3 is 15.4 Å². The van der Waals surface area contributed by atoms with E-state index in [0.717, 1.165) is 32.1 Å². The van der Waals surface area contributed by atoms with Gasteiger partial charge in [-0.05, 0) is 32.1 Å². The second kappa shape index (κ2) is 12.0. The maximum absolute atomic E-state index is 11.9. The van der Waals surface area contributed by atoms with Crippen molar-refractivity contribution in [2.45, 2.75) is 71.3 Å². The molecule has 0 aromatic heterocycles. The first-order valence-corrected chi connectivity index (χ1v) is 9.23. The predicted octanol–water partition coefficient (Wildman–Crippen LogP) is 1.96. The molecule has 1 rings (SSSR count). The van der Waals surface area contributed by atoms with Gasteiger partial charge in [0.25, 0.3) is 0 Å². The Morgan fingerprint density at radius 3 is 2.29 bits per heavy atom. The van der Waals surface area contributed by atoms with E-state index in [0.29, 0.717) is 44.8 Å². The molecule has 0 aromatic rings. The highest BCUT2D eigenvalue weighted by molar-refractivity contribution is 5.81. The molecule has 138 valence electrons. The van der Waals surface area contributed by atoms with Gasteiger partial charge in [-0.1, -0.05) is 13.8 Å². The minimum atomic E-state index is 0.0135. The number of carbonyl (C=O) groups is 3. The van der Waals surface area contributed by atoms with Crippen LogP contribution in [0.25, 0.3) is 0 Å². The molecule has 2 N–H and O–H groups in total. The fourth-order valence-electron chi connectivity index (χ4n) is 2.94. The first-order chi connectivity index (χ1) is 11.6. The Morgan fingerprint density at radius 1 is 0.958 bits per heavy atom. The van der Waals surface area contributed by atoms with E-state index < -0.39 is 0 Å². The molecule has 0 radical (unpaired) electrons. The van der Waals surface area contributed by atoms with Crippen LogP contribution in [0.2, 0.25) is 0 Å². The summed E-state index contributed by atoms with van der Waals surface area (Å²) in [5, 5.41) is 5.81. The molecule has 24 heavy (non-hydrogen) atoms. The molecule has 1 aliphatic carbocycles. The Bertz CT molecular complexity index is 404. The first-order valence-electron chi connectivity index (χ1n) is 9.23. The minimum Gasteiger partial charge on any atom is -0.381 e. The first kappa shape index (κ1) is 20.6. The van der Waals surface area contributed by atoms with Crippen LogP contribution in [0.3, 0.4) is 0 Å². The van der Waals surface area contributed by atoms with E-state index in [4.69, 9.17) is 4.74 Å². The number of amides is 2. The lowest BCUT2D eigenvalue weighted by Gasteiger charge is -2.28. The fraction of sp³-hybridized carbons (Fsp3) is 0.833. The van der Waals surface area contributed by atoms with Crippen LogP contribution >= 0.6 is 0 Å². The maximum Gasteiger partial charge on any atom is 0.222 e. The summed E-state index contributed by atoms with van der Waals surface area (Å²) in [4.78, 5) is 34.6. The van der Waals surface area contributed by atoms with Gasteiger partial charge in [-0.25, -0.2) is 0 Å². The molecule has 0 aliphatic heterocycles. The Balaban J connectivity index is 2.01. The molecule has 0 saturated heterocycles. The fourth-order valence-corrected chi connectivity index (χ4v) is 2.94. The van der Waals surface area contributed by atoms with E-state index >= 15 is 0 Å². The zero-order valence-corrected chi connectivity index (χ0v) is 15.1. The van der Waals surface area contributed by atoms with Gasteiger partial charge in [0.15, 0.2) is 0 Å². The average Bonchev–Trinajstić information content (AvgIpc) is 2.60. The smallest absolute Gasteiger partial charge is 0.222 e. The van der Waals surface area contributed by atoms with Crippen LogP contribution < -0.4 is 10.6 Å². The lowest BCUT2D eigenvalue weighted by Crippen LogP contribution is -2.39. The van der Waals surface area contributed by atoms with Crippen LogP contribution in [-0.2, 0) is 19.1 Å². The number of Topliss-reactive ketones (excluding diaryl/α,β-unsaturated/α-hetero) is 1. The van der Waals surface area contributed by atoms with Gasteiger partial charge in [0.2, 0.25) is 11.8 Å². The third-order valence-corrected chi connectivity index (χ3v) is 4.48. The van der Waals surface area contributed by atoms with Gasteiger partial charge in [-0.2, -0.15) is 0 Å². The SMILES string of the molecule is CCC(=O)NCCCOCCC(=O)NC1CCC(C(=O)CC)CC1. The molecule has 0 atom stereocenters. The number of nitrogens with one attached hydrogen (secondary N) is 2. The van der Waals surface area contributed by atoms with Crippen molar-refractivity contribution in [2.24, 2.45) is 5.92 Å². The average molecular weight is 340 g/mol.